The van der Waals surface area contributed by atoms with E-state index in [1.807, 2.05) is 30.3 Å². The quantitative estimate of drug-likeness (QED) is 0.413. The van der Waals surface area contributed by atoms with Crippen molar-refractivity contribution in [2.45, 2.75) is 0 Å². The van der Waals surface area contributed by atoms with Crippen molar-refractivity contribution in [2.24, 2.45) is 5.10 Å². The van der Waals surface area contributed by atoms with Gasteiger partial charge < -0.3 is 4.98 Å². The Labute approximate surface area is 160 Å². The molecule has 138 valence electrons. The van der Waals surface area contributed by atoms with E-state index in [0.717, 1.165) is 11.3 Å². The van der Waals surface area contributed by atoms with E-state index in [9.17, 15) is 9.18 Å². The van der Waals surface area contributed by atoms with Crippen molar-refractivity contribution < 1.29 is 9.18 Å². The number of H-pyrrole nitrogens is 1. The molecule has 0 bridgehead atoms. The number of hydrogen-bond acceptors (Lipinski definition) is 3. The van der Waals surface area contributed by atoms with E-state index < -0.39 is 0 Å². The van der Waals surface area contributed by atoms with Crippen LogP contribution < -0.4 is 5.43 Å². The maximum absolute atomic E-state index is 13.3. The van der Waals surface area contributed by atoms with Crippen LogP contribution in [0.25, 0.3) is 16.9 Å². The molecule has 2 heterocycles. The Kier molecular flexibility index (Phi) is 4.79. The van der Waals surface area contributed by atoms with Gasteiger partial charge >= 0.3 is 0 Å². The van der Waals surface area contributed by atoms with Gasteiger partial charge in [-0.3, -0.25) is 4.79 Å². The summed E-state index contributed by atoms with van der Waals surface area (Å²) in [4.78, 5) is 14.8. The van der Waals surface area contributed by atoms with Crippen LogP contribution in [0.1, 0.15) is 16.1 Å². The number of hydrogen-bond donors (Lipinski definition) is 2. The third-order valence-electron chi connectivity index (χ3n) is 4.09. The molecule has 0 spiro atoms. The summed E-state index contributed by atoms with van der Waals surface area (Å²) in [6, 6.07) is 19.1. The molecule has 0 unspecified atom stereocenters. The van der Waals surface area contributed by atoms with Crippen LogP contribution in [-0.2, 0) is 0 Å². The number of rotatable bonds is 5. The summed E-state index contributed by atoms with van der Waals surface area (Å²) < 4.78 is 15.0. The van der Waals surface area contributed by atoms with Crippen LogP contribution in [0.3, 0.4) is 0 Å². The molecule has 0 fully saturated rings. The molecular weight excluding hydrogens is 357 g/mol. The summed E-state index contributed by atoms with van der Waals surface area (Å²) in [5, 5.41) is 8.65. The van der Waals surface area contributed by atoms with Crippen LogP contribution in [0.15, 0.2) is 84.2 Å². The Hall–Kier alpha value is -4.00. The van der Waals surface area contributed by atoms with E-state index in [1.165, 1.54) is 18.3 Å². The maximum atomic E-state index is 13.3. The highest BCUT2D eigenvalue weighted by atomic mass is 19.1. The zero-order chi connectivity index (χ0) is 19.3. The molecule has 0 aliphatic carbocycles. The number of para-hydroxylation sites is 1. The number of carbonyl (C=O) groups is 1. The van der Waals surface area contributed by atoms with Gasteiger partial charge in [0, 0.05) is 23.5 Å². The SMILES string of the molecule is O=C(N/N=C\c1cn(-c2ccccc2)nc1-c1ccc(F)cc1)c1ccc[nH]1. The van der Waals surface area contributed by atoms with Crippen molar-refractivity contribution in [3.05, 3.63) is 96.2 Å². The van der Waals surface area contributed by atoms with Gasteiger partial charge in [-0.1, -0.05) is 18.2 Å². The highest BCUT2D eigenvalue weighted by Crippen LogP contribution is 2.23. The third kappa shape index (κ3) is 3.73. The van der Waals surface area contributed by atoms with Crippen molar-refractivity contribution in [1.82, 2.24) is 20.2 Å². The fourth-order valence-corrected chi connectivity index (χ4v) is 2.72. The van der Waals surface area contributed by atoms with Gasteiger partial charge in [0.2, 0.25) is 0 Å². The van der Waals surface area contributed by atoms with E-state index in [1.54, 1.807) is 41.3 Å². The summed E-state index contributed by atoms with van der Waals surface area (Å²) in [5.74, 6) is -0.667. The minimum atomic E-state index is -0.347. The average Bonchev–Trinajstić information content (AvgIpc) is 3.40. The molecule has 28 heavy (non-hydrogen) atoms. The molecule has 0 saturated heterocycles. The van der Waals surface area contributed by atoms with E-state index in [0.29, 0.717) is 17.0 Å². The number of benzene rings is 2. The molecule has 7 heteroatoms. The Morgan fingerprint density at radius 3 is 2.57 bits per heavy atom. The lowest BCUT2D eigenvalue weighted by Crippen LogP contribution is -2.17. The predicted octanol–water partition coefficient (Wildman–Crippen LogP) is 3.77. The van der Waals surface area contributed by atoms with Crippen molar-refractivity contribution in [1.29, 1.82) is 0 Å². The number of aromatic nitrogens is 3. The second-order valence-corrected chi connectivity index (χ2v) is 6.00. The lowest BCUT2D eigenvalue weighted by molar-refractivity contribution is 0.0951. The molecule has 0 aliphatic heterocycles. The number of halogens is 1. The Balaban J connectivity index is 1.66. The molecule has 4 rings (SSSR count). The summed E-state index contributed by atoms with van der Waals surface area (Å²) in [6.45, 7) is 0. The van der Waals surface area contributed by atoms with Crippen molar-refractivity contribution in [3.8, 4) is 16.9 Å². The summed E-state index contributed by atoms with van der Waals surface area (Å²) in [6.07, 6.45) is 4.99. The van der Waals surface area contributed by atoms with E-state index in [-0.39, 0.29) is 11.7 Å². The Bertz CT molecular complexity index is 1100. The standard InChI is InChI=1S/C21H16FN5O/c22-17-10-8-15(9-11-17)20-16(13-24-25-21(28)19-7-4-12-23-19)14-27(26-20)18-5-2-1-3-6-18/h1-14,23H,(H,25,28)/b24-13-. The van der Waals surface area contributed by atoms with Gasteiger partial charge in [-0.2, -0.15) is 10.2 Å². The van der Waals surface area contributed by atoms with E-state index in [2.05, 4.69) is 20.6 Å². The van der Waals surface area contributed by atoms with Crippen molar-refractivity contribution in [2.75, 3.05) is 0 Å². The predicted molar refractivity (Wildman–Crippen MR) is 105 cm³/mol. The zero-order valence-corrected chi connectivity index (χ0v) is 14.7. The lowest BCUT2D eigenvalue weighted by Gasteiger charge is -2.00. The first-order valence-electron chi connectivity index (χ1n) is 8.58. The first-order valence-corrected chi connectivity index (χ1v) is 8.58. The topological polar surface area (TPSA) is 75.1 Å². The number of aromatic amines is 1. The minimum absolute atomic E-state index is 0.320. The molecule has 4 aromatic rings. The highest BCUT2D eigenvalue weighted by Gasteiger charge is 2.12. The molecule has 1 amide bonds. The van der Waals surface area contributed by atoms with Gasteiger partial charge in [-0.05, 0) is 48.5 Å². The number of nitrogens with one attached hydrogen (secondary N) is 2. The second-order valence-electron chi connectivity index (χ2n) is 6.00. The molecular formula is C21H16FN5O. The molecule has 2 N–H and O–H groups in total. The monoisotopic (exact) mass is 373 g/mol. The van der Waals surface area contributed by atoms with Crippen molar-refractivity contribution >= 4 is 12.1 Å². The van der Waals surface area contributed by atoms with Crippen LogP contribution in [0.2, 0.25) is 0 Å². The molecule has 2 aromatic carbocycles. The Morgan fingerprint density at radius 1 is 1.07 bits per heavy atom. The maximum Gasteiger partial charge on any atom is 0.287 e. The van der Waals surface area contributed by atoms with Gasteiger partial charge in [-0.25, -0.2) is 14.5 Å². The van der Waals surface area contributed by atoms with E-state index >= 15 is 0 Å². The number of hydrazone groups is 1. The zero-order valence-electron chi connectivity index (χ0n) is 14.7. The Morgan fingerprint density at radius 2 is 1.86 bits per heavy atom. The molecule has 6 nitrogen and oxygen atoms in total. The summed E-state index contributed by atoms with van der Waals surface area (Å²) in [7, 11) is 0. The smallest absolute Gasteiger partial charge is 0.287 e. The van der Waals surface area contributed by atoms with Crippen molar-refractivity contribution in [3.63, 3.8) is 0 Å². The number of amides is 1. The molecule has 2 aromatic heterocycles. The molecule has 0 atom stereocenters. The molecule has 0 radical (unpaired) electrons. The van der Waals surface area contributed by atoms with Gasteiger partial charge in [0.1, 0.15) is 17.2 Å². The summed E-state index contributed by atoms with van der Waals surface area (Å²) >= 11 is 0. The first kappa shape index (κ1) is 17.4. The molecule has 0 saturated carbocycles. The van der Waals surface area contributed by atoms with Crippen LogP contribution in [0.4, 0.5) is 4.39 Å². The first-order chi connectivity index (χ1) is 13.7. The fourth-order valence-electron chi connectivity index (χ4n) is 2.72. The van der Waals surface area contributed by atoms with Crippen LogP contribution in [0.5, 0.6) is 0 Å². The van der Waals surface area contributed by atoms with Gasteiger partial charge in [0.25, 0.3) is 5.91 Å². The fraction of sp³-hybridized carbons (Fsp3) is 0. The van der Waals surface area contributed by atoms with E-state index in [4.69, 9.17) is 0 Å². The second kappa shape index (κ2) is 7.71. The normalized spacial score (nSPS) is 11.0. The number of nitrogens with zero attached hydrogens (tertiary/aromatic N) is 3. The largest absolute Gasteiger partial charge is 0.357 e. The third-order valence-corrected chi connectivity index (χ3v) is 4.09. The average molecular weight is 373 g/mol. The van der Waals surface area contributed by atoms with Gasteiger partial charge in [0.05, 0.1) is 11.9 Å². The minimum Gasteiger partial charge on any atom is -0.357 e. The van der Waals surface area contributed by atoms with Gasteiger partial charge in [0.15, 0.2) is 0 Å². The highest BCUT2D eigenvalue weighted by molar-refractivity contribution is 5.94. The number of carbonyl (C=O) groups excluding carboxylic acids is 1. The molecule has 0 aliphatic rings. The lowest BCUT2D eigenvalue weighted by atomic mass is 10.1. The van der Waals surface area contributed by atoms with Crippen LogP contribution >= 0.6 is 0 Å². The van der Waals surface area contributed by atoms with Gasteiger partial charge in [-0.15, -0.1) is 0 Å². The summed E-state index contributed by atoms with van der Waals surface area (Å²) in [5.41, 5.74) is 5.81. The van der Waals surface area contributed by atoms with Crippen LogP contribution in [-0.4, -0.2) is 26.9 Å². The van der Waals surface area contributed by atoms with Crippen LogP contribution in [0, 0.1) is 5.82 Å².